The van der Waals surface area contributed by atoms with Gasteiger partial charge in [-0.3, -0.25) is 10.1 Å². The van der Waals surface area contributed by atoms with Crippen LogP contribution in [-0.2, 0) is 11.0 Å². The van der Waals surface area contributed by atoms with Crippen LogP contribution in [0.25, 0.3) is 11.1 Å². The summed E-state index contributed by atoms with van der Waals surface area (Å²) in [5.74, 6) is 0.121. The lowest BCUT2D eigenvalue weighted by atomic mass is 10.0. The van der Waals surface area contributed by atoms with Crippen molar-refractivity contribution in [1.82, 2.24) is 10.2 Å². The van der Waals surface area contributed by atoms with Crippen LogP contribution >= 0.6 is 0 Å². The zero-order chi connectivity index (χ0) is 21.0. The second-order valence-corrected chi connectivity index (χ2v) is 6.77. The standard InChI is InChI=1S/C21H21F3N2O3/c1-2-3-12-26-18(19(27)25-20(26)28)13-29-17-10-6-15(7-11-17)14-4-8-16(9-5-14)21(22,23)24/h4-11,18H,2-3,12-13H2,1H3,(H,25,27,28). The van der Waals surface area contributed by atoms with Gasteiger partial charge < -0.3 is 9.64 Å². The van der Waals surface area contributed by atoms with Crippen molar-refractivity contribution in [2.45, 2.75) is 32.0 Å². The molecular formula is C21H21F3N2O3. The molecule has 0 saturated carbocycles. The van der Waals surface area contributed by atoms with E-state index in [0.29, 0.717) is 17.9 Å². The van der Waals surface area contributed by atoms with Gasteiger partial charge in [0, 0.05) is 6.54 Å². The first-order valence-electron chi connectivity index (χ1n) is 9.31. The molecule has 8 heteroatoms. The number of hydrogen-bond donors (Lipinski definition) is 1. The summed E-state index contributed by atoms with van der Waals surface area (Å²) in [7, 11) is 0. The largest absolute Gasteiger partial charge is 0.491 e. The number of urea groups is 1. The number of imide groups is 1. The predicted octanol–water partition coefficient (Wildman–Crippen LogP) is 4.47. The number of carbonyl (C=O) groups is 2. The Bertz CT molecular complexity index is 864. The van der Waals surface area contributed by atoms with Crippen LogP contribution in [0.1, 0.15) is 25.3 Å². The molecule has 3 rings (SSSR count). The molecule has 1 saturated heterocycles. The average molecular weight is 406 g/mol. The maximum absolute atomic E-state index is 12.7. The summed E-state index contributed by atoms with van der Waals surface area (Å²) in [5.41, 5.74) is 0.693. The van der Waals surface area contributed by atoms with Gasteiger partial charge in [0.25, 0.3) is 5.91 Å². The molecule has 5 nitrogen and oxygen atoms in total. The minimum Gasteiger partial charge on any atom is -0.491 e. The van der Waals surface area contributed by atoms with E-state index in [9.17, 15) is 22.8 Å². The Balaban J connectivity index is 1.63. The highest BCUT2D eigenvalue weighted by atomic mass is 19.4. The SMILES string of the molecule is CCCCN1C(=O)NC(=O)C1COc1ccc(-c2ccc(C(F)(F)F)cc2)cc1. The highest BCUT2D eigenvalue weighted by Gasteiger charge is 2.38. The van der Waals surface area contributed by atoms with Crippen molar-refractivity contribution in [2.24, 2.45) is 0 Å². The van der Waals surface area contributed by atoms with Crippen LogP contribution in [0.2, 0.25) is 0 Å². The highest BCUT2D eigenvalue weighted by molar-refractivity contribution is 6.04. The molecule has 1 N–H and O–H groups in total. The summed E-state index contributed by atoms with van der Waals surface area (Å²) in [4.78, 5) is 25.3. The van der Waals surface area contributed by atoms with Crippen molar-refractivity contribution < 1.29 is 27.5 Å². The molecule has 154 valence electrons. The zero-order valence-corrected chi connectivity index (χ0v) is 15.8. The van der Waals surface area contributed by atoms with Crippen molar-refractivity contribution in [3.05, 3.63) is 54.1 Å². The molecule has 1 heterocycles. The number of alkyl halides is 3. The second kappa shape index (κ2) is 8.55. The first-order chi connectivity index (χ1) is 13.8. The number of benzene rings is 2. The van der Waals surface area contributed by atoms with Crippen molar-refractivity contribution in [3.63, 3.8) is 0 Å². The third kappa shape index (κ3) is 4.88. The number of ether oxygens (including phenoxy) is 1. The van der Waals surface area contributed by atoms with Crippen molar-refractivity contribution in [2.75, 3.05) is 13.2 Å². The lowest BCUT2D eigenvalue weighted by molar-refractivity contribution is -0.137. The van der Waals surface area contributed by atoms with Gasteiger partial charge in [0.1, 0.15) is 18.4 Å². The van der Waals surface area contributed by atoms with Gasteiger partial charge in [0.15, 0.2) is 0 Å². The highest BCUT2D eigenvalue weighted by Crippen LogP contribution is 2.31. The van der Waals surface area contributed by atoms with Gasteiger partial charge >= 0.3 is 12.2 Å². The predicted molar refractivity (Wildman–Crippen MR) is 101 cm³/mol. The number of nitrogens with one attached hydrogen (secondary N) is 1. The van der Waals surface area contributed by atoms with E-state index >= 15 is 0 Å². The van der Waals surface area contributed by atoms with Gasteiger partial charge in [-0.15, -0.1) is 0 Å². The Labute approximate surface area is 166 Å². The number of rotatable bonds is 7. The van der Waals surface area contributed by atoms with E-state index in [1.807, 2.05) is 6.92 Å². The summed E-state index contributed by atoms with van der Waals surface area (Å²) in [6.07, 6.45) is -2.68. The fourth-order valence-electron chi connectivity index (χ4n) is 3.07. The molecule has 2 aromatic carbocycles. The fourth-order valence-corrected chi connectivity index (χ4v) is 3.07. The van der Waals surface area contributed by atoms with Crippen LogP contribution in [0.4, 0.5) is 18.0 Å². The molecular weight excluding hydrogens is 385 g/mol. The Hall–Kier alpha value is -3.03. The summed E-state index contributed by atoms with van der Waals surface area (Å²) >= 11 is 0. The Morgan fingerprint density at radius 3 is 2.14 bits per heavy atom. The normalized spacial score (nSPS) is 16.8. The minimum absolute atomic E-state index is 0.0287. The molecule has 3 amide bonds. The topological polar surface area (TPSA) is 58.6 Å². The van der Waals surface area contributed by atoms with Gasteiger partial charge in [0.05, 0.1) is 5.56 Å². The molecule has 29 heavy (non-hydrogen) atoms. The number of amides is 3. The number of halogens is 3. The van der Waals surface area contributed by atoms with Crippen LogP contribution in [0, 0.1) is 0 Å². The summed E-state index contributed by atoms with van der Waals surface area (Å²) in [6.45, 7) is 2.51. The number of carbonyl (C=O) groups excluding carboxylic acids is 2. The molecule has 0 aromatic heterocycles. The monoisotopic (exact) mass is 406 g/mol. The molecule has 0 spiro atoms. The third-order valence-corrected chi connectivity index (χ3v) is 4.73. The van der Waals surface area contributed by atoms with Crippen molar-refractivity contribution in [1.29, 1.82) is 0 Å². The Kier molecular flexibility index (Phi) is 6.10. The minimum atomic E-state index is -4.37. The molecule has 2 aromatic rings. The lowest BCUT2D eigenvalue weighted by Crippen LogP contribution is -2.40. The van der Waals surface area contributed by atoms with E-state index in [4.69, 9.17) is 4.74 Å². The number of hydrogen-bond acceptors (Lipinski definition) is 3. The van der Waals surface area contributed by atoms with Gasteiger partial charge in [0.2, 0.25) is 0 Å². The molecule has 0 bridgehead atoms. The van der Waals surface area contributed by atoms with Crippen LogP contribution in [-0.4, -0.2) is 36.0 Å². The lowest BCUT2D eigenvalue weighted by Gasteiger charge is -2.21. The van der Waals surface area contributed by atoms with E-state index < -0.39 is 23.8 Å². The Morgan fingerprint density at radius 1 is 1.00 bits per heavy atom. The fraction of sp³-hybridized carbons (Fsp3) is 0.333. The van der Waals surface area contributed by atoms with Crippen molar-refractivity contribution >= 4 is 11.9 Å². The average Bonchev–Trinajstić information content (AvgIpc) is 2.97. The van der Waals surface area contributed by atoms with E-state index in [1.165, 1.54) is 17.0 Å². The molecule has 1 aliphatic heterocycles. The first kappa shape index (κ1) is 20.7. The van der Waals surface area contributed by atoms with Crippen LogP contribution in [0.5, 0.6) is 5.75 Å². The third-order valence-electron chi connectivity index (χ3n) is 4.73. The molecule has 1 aliphatic rings. The van der Waals surface area contributed by atoms with E-state index in [-0.39, 0.29) is 12.5 Å². The van der Waals surface area contributed by atoms with E-state index in [0.717, 1.165) is 30.5 Å². The first-order valence-corrected chi connectivity index (χ1v) is 9.31. The zero-order valence-electron chi connectivity index (χ0n) is 15.8. The van der Waals surface area contributed by atoms with Crippen LogP contribution in [0.15, 0.2) is 48.5 Å². The van der Waals surface area contributed by atoms with Gasteiger partial charge in [-0.2, -0.15) is 13.2 Å². The van der Waals surface area contributed by atoms with E-state index in [2.05, 4.69) is 5.32 Å². The summed E-state index contributed by atoms with van der Waals surface area (Å²) in [5, 5.41) is 2.30. The Morgan fingerprint density at radius 2 is 1.59 bits per heavy atom. The van der Waals surface area contributed by atoms with Gasteiger partial charge in [-0.25, -0.2) is 4.79 Å². The smallest absolute Gasteiger partial charge is 0.416 e. The van der Waals surface area contributed by atoms with Gasteiger partial charge in [-0.1, -0.05) is 37.6 Å². The van der Waals surface area contributed by atoms with Crippen LogP contribution in [0.3, 0.4) is 0 Å². The van der Waals surface area contributed by atoms with Gasteiger partial charge in [-0.05, 0) is 41.8 Å². The maximum atomic E-state index is 12.7. The van der Waals surface area contributed by atoms with E-state index in [1.54, 1.807) is 24.3 Å². The second-order valence-electron chi connectivity index (χ2n) is 6.77. The maximum Gasteiger partial charge on any atom is 0.416 e. The number of nitrogens with zero attached hydrogens (tertiary/aromatic N) is 1. The summed E-state index contributed by atoms with van der Waals surface area (Å²) in [6, 6.07) is 10.6. The molecule has 1 unspecified atom stereocenters. The molecule has 1 fully saturated rings. The molecule has 1 atom stereocenters. The number of unbranched alkanes of at least 4 members (excludes halogenated alkanes) is 1. The summed E-state index contributed by atoms with van der Waals surface area (Å²) < 4.78 is 43.7. The molecule has 0 radical (unpaired) electrons. The quantitative estimate of drug-likeness (QED) is 0.690. The van der Waals surface area contributed by atoms with Crippen molar-refractivity contribution in [3.8, 4) is 16.9 Å². The van der Waals surface area contributed by atoms with Crippen LogP contribution < -0.4 is 10.1 Å². The molecule has 0 aliphatic carbocycles.